The van der Waals surface area contributed by atoms with E-state index in [0.29, 0.717) is 0 Å². The van der Waals surface area contributed by atoms with Gasteiger partial charge < -0.3 is 9.47 Å². The van der Waals surface area contributed by atoms with E-state index in [2.05, 4.69) is 13.5 Å². The highest BCUT2D eigenvalue weighted by Crippen LogP contribution is 1.98. The lowest BCUT2D eigenvalue weighted by Crippen LogP contribution is -2.04. The third-order valence-electron chi connectivity index (χ3n) is 1.38. The summed E-state index contributed by atoms with van der Waals surface area (Å²) in [5.74, 6) is 0. The topological polar surface area (TPSA) is 18.5 Å². The molecule has 1 unspecified atom stereocenters. The first kappa shape index (κ1) is 11.1. The van der Waals surface area contributed by atoms with Gasteiger partial charge in [0.1, 0.15) is 0 Å². The van der Waals surface area contributed by atoms with Crippen molar-refractivity contribution in [3.8, 4) is 0 Å². The fourth-order valence-electron chi connectivity index (χ4n) is 0.724. The summed E-state index contributed by atoms with van der Waals surface area (Å²) >= 11 is 0. The van der Waals surface area contributed by atoms with Crippen LogP contribution >= 0.6 is 0 Å². The fraction of sp³-hybridized carbons (Fsp3) is 0.600. The van der Waals surface area contributed by atoms with Crippen LogP contribution in [0.25, 0.3) is 0 Å². The van der Waals surface area contributed by atoms with Gasteiger partial charge in [0.25, 0.3) is 0 Å². The molecule has 0 N–H and O–H groups in total. The second-order valence-electron chi connectivity index (χ2n) is 2.52. The molecule has 0 aromatic heterocycles. The van der Waals surface area contributed by atoms with Crippen molar-refractivity contribution < 1.29 is 9.47 Å². The number of hydrogen-bond donors (Lipinski definition) is 0. The third-order valence-corrected chi connectivity index (χ3v) is 1.38. The molecule has 0 saturated carbocycles. The molecule has 0 radical (unpaired) electrons. The second-order valence-corrected chi connectivity index (χ2v) is 2.52. The van der Waals surface area contributed by atoms with E-state index < -0.39 is 0 Å². The summed E-state index contributed by atoms with van der Waals surface area (Å²) in [6.45, 7) is 7.42. The molecule has 12 heavy (non-hydrogen) atoms. The Bertz CT molecular complexity index is 130. The molecule has 0 spiro atoms. The first-order valence-corrected chi connectivity index (χ1v) is 4.38. The molecule has 0 aliphatic rings. The summed E-state index contributed by atoms with van der Waals surface area (Å²) in [4.78, 5) is 0. The number of unbranched alkanes of at least 4 members (excludes halogenated alkanes) is 2. The van der Waals surface area contributed by atoms with E-state index in [1.807, 2.05) is 13.0 Å². The van der Waals surface area contributed by atoms with Crippen molar-refractivity contribution in [2.24, 2.45) is 0 Å². The molecule has 0 heterocycles. The zero-order valence-corrected chi connectivity index (χ0v) is 7.95. The summed E-state index contributed by atoms with van der Waals surface area (Å²) in [7, 11) is 0. The van der Waals surface area contributed by atoms with E-state index in [-0.39, 0.29) is 6.29 Å². The molecular formula is C10H18O2. The monoisotopic (exact) mass is 170 g/mol. The molecule has 0 aromatic rings. The van der Waals surface area contributed by atoms with Crippen LogP contribution in [0.3, 0.4) is 0 Å². The molecule has 70 valence electrons. The minimum absolute atomic E-state index is 0.236. The summed E-state index contributed by atoms with van der Waals surface area (Å²) in [5, 5.41) is 0. The Morgan fingerprint density at radius 1 is 1.42 bits per heavy atom. The van der Waals surface area contributed by atoms with Crippen LogP contribution in [-0.4, -0.2) is 6.29 Å². The normalized spacial score (nSPS) is 12.8. The van der Waals surface area contributed by atoms with Crippen LogP contribution in [-0.2, 0) is 9.47 Å². The Morgan fingerprint density at radius 2 is 2.17 bits per heavy atom. The van der Waals surface area contributed by atoms with Crippen molar-refractivity contribution in [1.29, 1.82) is 0 Å². The number of rotatable bonds is 7. The van der Waals surface area contributed by atoms with Crippen LogP contribution in [0.5, 0.6) is 0 Å². The Balaban J connectivity index is 3.26. The third kappa shape index (κ3) is 7.19. The Morgan fingerprint density at radius 3 is 2.75 bits per heavy atom. The van der Waals surface area contributed by atoms with Crippen molar-refractivity contribution in [3.05, 3.63) is 25.2 Å². The van der Waals surface area contributed by atoms with Gasteiger partial charge in [0.2, 0.25) is 6.29 Å². The first-order chi connectivity index (χ1) is 5.81. The lowest BCUT2D eigenvalue weighted by Gasteiger charge is -2.09. The average molecular weight is 170 g/mol. The molecule has 0 aliphatic heterocycles. The lowest BCUT2D eigenvalue weighted by molar-refractivity contribution is -0.0457. The Labute approximate surface area is 74.9 Å². The standard InChI is InChI=1S/C10H18O2/c1-4-6-7-8-9-12-10(3)11-5-2/h5,8-10H,2,4,6-7H2,1,3H3. The number of allylic oxidation sites excluding steroid dienone is 1. The molecule has 0 aromatic carbocycles. The van der Waals surface area contributed by atoms with Gasteiger partial charge in [-0.3, -0.25) is 0 Å². The molecule has 0 aliphatic carbocycles. The van der Waals surface area contributed by atoms with Crippen molar-refractivity contribution in [1.82, 2.24) is 0 Å². The van der Waals surface area contributed by atoms with Crippen molar-refractivity contribution >= 4 is 0 Å². The molecule has 0 fully saturated rings. The summed E-state index contributed by atoms with van der Waals surface area (Å²) < 4.78 is 10.1. The summed E-state index contributed by atoms with van der Waals surface area (Å²) in [5.41, 5.74) is 0. The van der Waals surface area contributed by atoms with Gasteiger partial charge in [-0.1, -0.05) is 19.9 Å². The predicted octanol–water partition coefficient (Wildman–Crippen LogP) is 3.21. The van der Waals surface area contributed by atoms with Gasteiger partial charge in [-0.2, -0.15) is 0 Å². The van der Waals surface area contributed by atoms with E-state index in [4.69, 9.17) is 9.47 Å². The zero-order chi connectivity index (χ0) is 9.23. The molecule has 2 heteroatoms. The van der Waals surface area contributed by atoms with E-state index in [1.54, 1.807) is 6.26 Å². The number of ether oxygens (including phenoxy) is 2. The van der Waals surface area contributed by atoms with E-state index in [1.165, 1.54) is 19.1 Å². The van der Waals surface area contributed by atoms with Crippen molar-refractivity contribution in [2.75, 3.05) is 0 Å². The SMILES string of the molecule is C=COC(C)OC=CCCCC. The highest BCUT2D eigenvalue weighted by atomic mass is 16.7. The maximum Gasteiger partial charge on any atom is 0.236 e. The van der Waals surface area contributed by atoms with Crippen molar-refractivity contribution in [2.45, 2.75) is 39.4 Å². The molecule has 0 saturated heterocycles. The van der Waals surface area contributed by atoms with Crippen LogP contribution in [0.15, 0.2) is 25.2 Å². The van der Waals surface area contributed by atoms with E-state index in [0.717, 1.165) is 6.42 Å². The van der Waals surface area contributed by atoms with Crippen LogP contribution in [0.4, 0.5) is 0 Å². The molecule has 0 bridgehead atoms. The predicted molar refractivity (Wildman–Crippen MR) is 50.5 cm³/mol. The Kier molecular flexibility index (Phi) is 7.55. The van der Waals surface area contributed by atoms with E-state index >= 15 is 0 Å². The van der Waals surface area contributed by atoms with Gasteiger partial charge >= 0.3 is 0 Å². The highest BCUT2D eigenvalue weighted by molar-refractivity contribution is 4.73. The minimum Gasteiger partial charge on any atom is -0.463 e. The maximum atomic E-state index is 5.15. The molecular weight excluding hydrogens is 152 g/mol. The van der Waals surface area contributed by atoms with Gasteiger partial charge in [-0.05, 0) is 18.9 Å². The quantitative estimate of drug-likeness (QED) is 0.332. The van der Waals surface area contributed by atoms with Crippen LogP contribution in [0, 0.1) is 0 Å². The molecule has 0 amide bonds. The fourth-order valence-corrected chi connectivity index (χ4v) is 0.724. The largest absolute Gasteiger partial charge is 0.463 e. The lowest BCUT2D eigenvalue weighted by atomic mass is 10.2. The minimum atomic E-state index is -0.236. The summed E-state index contributed by atoms with van der Waals surface area (Å²) in [6.07, 6.45) is 8.32. The second kappa shape index (κ2) is 8.18. The van der Waals surface area contributed by atoms with Gasteiger partial charge in [-0.15, -0.1) is 0 Å². The van der Waals surface area contributed by atoms with Gasteiger partial charge in [0, 0.05) is 6.92 Å². The van der Waals surface area contributed by atoms with Crippen LogP contribution in [0.2, 0.25) is 0 Å². The highest BCUT2D eigenvalue weighted by Gasteiger charge is 1.93. The first-order valence-electron chi connectivity index (χ1n) is 4.38. The Hall–Kier alpha value is -0.920. The van der Waals surface area contributed by atoms with Gasteiger partial charge in [-0.25, -0.2) is 0 Å². The van der Waals surface area contributed by atoms with Gasteiger partial charge in [0.15, 0.2) is 0 Å². The molecule has 2 nitrogen and oxygen atoms in total. The van der Waals surface area contributed by atoms with Crippen LogP contribution in [0.1, 0.15) is 33.1 Å². The van der Waals surface area contributed by atoms with Crippen LogP contribution < -0.4 is 0 Å². The molecule has 1 atom stereocenters. The van der Waals surface area contributed by atoms with E-state index in [9.17, 15) is 0 Å². The van der Waals surface area contributed by atoms with Crippen molar-refractivity contribution in [3.63, 3.8) is 0 Å². The molecule has 0 rings (SSSR count). The average Bonchev–Trinajstić information content (AvgIpc) is 2.05. The van der Waals surface area contributed by atoms with Gasteiger partial charge in [0.05, 0.1) is 12.5 Å². The maximum absolute atomic E-state index is 5.15. The summed E-state index contributed by atoms with van der Waals surface area (Å²) in [6, 6.07) is 0. The smallest absolute Gasteiger partial charge is 0.236 e. The number of hydrogen-bond acceptors (Lipinski definition) is 2. The zero-order valence-electron chi connectivity index (χ0n) is 7.95.